The van der Waals surface area contributed by atoms with Crippen molar-refractivity contribution in [1.82, 2.24) is 0 Å². The summed E-state index contributed by atoms with van der Waals surface area (Å²) in [5.74, 6) is 3.20. The molecule has 0 radical (unpaired) electrons. The molecular formula is C9H14. The van der Waals surface area contributed by atoms with Crippen molar-refractivity contribution in [2.75, 3.05) is 0 Å². The lowest BCUT2D eigenvalue weighted by Crippen LogP contribution is -1.81. The second-order valence-corrected chi connectivity index (χ2v) is 3.36. The first-order chi connectivity index (χ1) is 4.43. The Kier molecular flexibility index (Phi) is 1.14. The second kappa shape index (κ2) is 1.86. The number of rotatable bonds is 2. The van der Waals surface area contributed by atoms with Gasteiger partial charge < -0.3 is 0 Å². The molecule has 2 rings (SSSR count). The van der Waals surface area contributed by atoms with Gasteiger partial charge in [0.15, 0.2) is 0 Å². The van der Waals surface area contributed by atoms with Gasteiger partial charge >= 0.3 is 0 Å². The predicted octanol–water partition coefficient (Wildman–Crippen LogP) is 2.61. The Morgan fingerprint density at radius 2 is 2.44 bits per heavy atom. The van der Waals surface area contributed by atoms with Crippen molar-refractivity contribution in [1.29, 1.82) is 0 Å². The summed E-state index contributed by atoms with van der Waals surface area (Å²) in [6, 6.07) is 0. The van der Waals surface area contributed by atoms with E-state index in [1.807, 2.05) is 0 Å². The van der Waals surface area contributed by atoms with E-state index < -0.39 is 0 Å². The van der Waals surface area contributed by atoms with Crippen molar-refractivity contribution in [2.24, 2.45) is 17.8 Å². The minimum absolute atomic E-state index is 1.02. The monoisotopic (exact) mass is 122 g/mol. The highest BCUT2D eigenvalue weighted by Crippen LogP contribution is 2.55. The molecule has 0 saturated heterocycles. The van der Waals surface area contributed by atoms with Crippen LogP contribution < -0.4 is 0 Å². The fourth-order valence-corrected chi connectivity index (χ4v) is 2.22. The van der Waals surface area contributed by atoms with Crippen molar-refractivity contribution in [3.05, 3.63) is 12.2 Å². The molecule has 0 aromatic rings. The van der Waals surface area contributed by atoms with E-state index in [4.69, 9.17) is 0 Å². The highest BCUT2D eigenvalue weighted by molar-refractivity contribution is 5.16. The summed E-state index contributed by atoms with van der Waals surface area (Å²) in [5.41, 5.74) is 0. The first kappa shape index (κ1) is 5.52. The number of hydrogen-bond acceptors (Lipinski definition) is 0. The van der Waals surface area contributed by atoms with Gasteiger partial charge in [0.2, 0.25) is 0 Å². The molecular weight excluding hydrogens is 108 g/mol. The zero-order valence-corrected chi connectivity index (χ0v) is 6.01. The van der Waals surface area contributed by atoms with Crippen LogP contribution in [0.25, 0.3) is 0 Å². The molecule has 0 amide bonds. The molecule has 0 heterocycles. The highest BCUT2D eigenvalue weighted by atomic mass is 14.5. The number of allylic oxidation sites excluding steroid dienone is 2. The molecule has 2 aliphatic rings. The largest absolute Gasteiger partial charge is 0.0879 e. The van der Waals surface area contributed by atoms with Gasteiger partial charge in [-0.15, -0.1) is 0 Å². The van der Waals surface area contributed by atoms with Gasteiger partial charge in [0, 0.05) is 0 Å². The zero-order chi connectivity index (χ0) is 6.27. The second-order valence-electron chi connectivity index (χ2n) is 3.36. The van der Waals surface area contributed by atoms with Crippen molar-refractivity contribution >= 4 is 0 Å². The van der Waals surface area contributed by atoms with Crippen molar-refractivity contribution in [3.8, 4) is 0 Å². The third-order valence-corrected chi connectivity index (χ3v) is 2.79. The number of fused-ring (bicyclic) bond motifs is 1. The van der Waals surface area contributed by atoms with Gasteiger partial charge in [-0.2, -0.15) is 0 Å². The third kappa shape index (κ3) is 0.726. The summed E-state index contributed by atoms with van der Waals surface area (Å²) in [6.07, 6.45) is 9.01. The first-order valence-corrected chi connectivity index (χ1v) is 4.10. The molecule has 0 bridgehead atoms. The normalized spacial score (nSPS) is 45.2. The van der Waals surface area contributed by atoms with E-state index in [2.05, 4.69) is 19.1 Å². The summed E-state index contributed by atoms with van der Waals surface area (Å²) < 4.78 is 0. The van der Waals surface area contributed by atoms with Crippen LogP contribution in [0.4, 0.5) is 0 Å². The van der Waals surface area contributed by atoms with Gasteiger partial charge in [0.25, 0.3) is 0 Å². The third-order valence-electron chi connectivity index (χ3n) is 2.79. The molecule has 0 heteroatoms. The zero-order valence-electron chi connectivity index (χ0n) is 6.01. The van der Waals surface area contributed by atoms with Crippen LogP contribution in [0, 0.1) is 17.8 Å². The van der Waals surface area contributed by atoms with Crippen molar-refractivity contribution in [3.63, 3.8) is 0 Å². The molecule has 0 N–H and O–H groups in total. The summed E-state index contributed by atoms with van der Waals surface area (Å²) >= 11 is 0. The molecule has 1 saturated carbocycles. The van der Waals surface area contributed by atoms with E-state index in [-0.39, 0.29) is 0 Å². The van der Waals surface area contributed by atoms with Gasteiger partial charge in [-0.1, -0.05) is 25.5 Å². The SMILES string of the molecule is CCCC1C2CC=C[C@@H]21. The van der Waals surface area contributed by atoms with Gasteiger partial charge in [-0.3, -0.25) is 0 Å². The minimum Gasteiger partial charge on any atom is -0.0879 e. The minimum atomic E-state index is 1.02. The van der Waals surface area contributed by atoms with Gasteiger partial charge in [0.05, 0.1) is 0 Å². The van der Waals surface area contributed by atoms with Crippen molar-refractivity contribution < 1.29 is 0 Å². The molecule has 0 spiro atoms. The smallest absolute Gasteiger partial charge is 0.0168 e. The van der Waals surface area contributed by atoms with Crippen LogP contribution in [0.1, 0.15) is 26.2 Å². The maximum atomic E-state index is 2.42. The molecule has 2 unspecified atom stereocenters. The molecule has 1 fully saturated rings. The topological polar surface area (TPSA) is 0 Å². The van der Waals surface area contributed by atoms with Gasteiger partial charge in [-0.05, 0) is 30.6 Å². The molecule has 0 aromatic heterocycles. The average Bonchev–Trinajstić information content (AvgIpc) is 2.39. The van der Waals surface area contributed by atoms with Crippen LogP contribution in [-0.2, 0) is 0 Å². The van der Waals surface area contributed by atoms with E-state index in [0.717, 1.165) is 17.8 Å². The standard InChI is InChI=1S/C9H14/c1-2-4-7-8-5-3-6-9(7)8/h3,5,7-9H,2,4,6H2,1H3/t7?,8-,9?/m1/s1. The fraction of sp³-hybridized carbons (Fsp3) is 0.778. The summed E-state index contributed by atoms with van der Waals surface area (Å²) in [7, 11) is 0. The van der Waals surface area contributed by atoms with E-state index >= 15 is 0 Å². The Morgan fingerprint density at radius 3 is 3.00 bits per heavy atom. The molecule has 50 valence electrons. The molecule has 3 atom stereocenters. The van der Waals surface area contributed by atoms with Crippen molar-refractivity contribution in [2.45, 2.75) is 26.2 Å². The van der Waals surface area contributed by atoms with E-state index in [1.54, 1.807) is 0 Å². The van der Waals surface area contributed by atoms with Crippen LogP contribution in [0.3, 0.4) is 0 Å². The fourth-order valence-electron chi connectivity index (χ4n) is 2.22. The van der Waals surface area contributed by atoms with Crippen LogP contribution >= 0.6 is 0 Å². The van der Waals surface area contributed by atoms with Gasteiger partial charge in [-0.25, -0.2) is 0 Å². The lowest BCUT2D eigenvalue weighted by atomic mass is 10.1. The molecule has 9 heavy (non-hydrogen) atoms. The van der Waals surface area contributed by atoms with Crippen LogP contribution in [-0.4, -0.2) is 0 Å². The van der Waals surface area contributed by atoms with Crippen LogP contribution in [0.5, 0.6) is 0 Å². The van der Waals surface area contributed by atoms with Crippen LogP contribution in [0.15, 0.2) is 12.2 Å². The average molecular weight is 122 g/mol. The lowest BCUT2D eigenvalue weighted by molar-refractivity contribution is 0.628. The lowest BCUT2D eigenvalue weighted by Gasteiger charge is -1.93. The Bertz CT molecular complexity index is 135. The van der Waals surface area contributed by atoms with E-state index in [9.17, 15) is 0 Å². The summed E-state index contributed by atoms with van der Waals surface area (Å²) in [6.45, 7) is 2.29. The summed E-state index contributed by atoms with van der Waals surface area (Å²) in [5, 5.41) is 0. The predicted molar refractivity (Wildman–Crippen MR) is 39.1 cm³/mol. The quantitative estimate of drug-likeness (QED) is 0.494. The van der Waals surface area contributed by atoms with E-state index in [0.29, 0.717) is 0 Å². The Hall–Kier alpha value is -0.260. The molecule has 0 nitrogen and oxygen atoms in total. The molecule has 0 aromatic carbocycles. The Balaban J connectivity index is 1.87. The molecule has 2 aliphatic carbocycles. The highest BCUT2D eigenvalue weighted by Gasteiger charge is 2.48. The van der Waals surface area contributed by atoms with Crippen LogP contribution in [0.2, 0.25) is 0 Å². The van der Waals surface area contributed by atoms with E-state index in [1.165, 1.54) is 19.3 Å². The number of hydrogen-bond donors (Lipinski definition) is 0. The molecule has 0 aliphatic heterocycles. The maximum absolute atomic E-state index is 2.42. The Morgan fingerprint density at radius 1 is 1.56 bits per heavy atom. The van der Waals surface area contributed by atoms with Gasteiger partial charge in [0.1, 0.15) is 0 Å². The summed E-state index contributed by atoms with van der Waals surface area (Å²) in [4.78, 5) is 0. The first-order valence-electron chi connectivity index (χ1n) is 4.10. The maximum Gasteiger partial charge on any atom is -0.0168 e. The Labute approximate surface area is 57.0 Å².